The van der Waals surface area contributed by atoms with Crippen molar-refractivity contribution in [2.45, 2.75) is 32.2 Å². The topological polar surface area (TPSA) is 67.1 Å². The first-order valence-corrected chi connectivity index (χ1v) is 6.37. The molecule has 5 heteroatoms. The maximum absolute atomic E-state index is 5.65. The van der Waals surface area contributed by atoms with Gasteiger partial charge in [-0.25, -0.2) is 9.97 Å². The third kappa shape index (κ3) is 2.85. The second-order valence-corrected chi connectivity index (χ2v) is 4.36. The Morgan fingerprint density at radius 1 is 1.53 bits per heavy atom. The fourth-order valence-electron chi connectivity index (χ4n) is 2.41. The Labute approximate surface area is 102 Å². The third-order valence-electron chi connectivity index (χ3n) is 3.18. The van der Waals surface area contributed by atoms with Gasteiger partial charge in [-0.05, 0) is 32.7 Å². The number of aromatic nitrogens is 2. The highest BCUT2D eigenvalue weighted by molar-refractivity contribution is 5.49. The average Bonchev–Trinajstić information content (AvgIpc) is 2.79. The van der Waals surface area contributed by atoms with Gasteiger partial charge in [0.2, 0.25) is 0 Å². The number of hydrogen-bond acceptors (Lipinski definition) is 5. The Balaban J connectivity index is 2.12. The van der Waals surface area contributed by atoms with Crippen molar-refractivity contribution in [2.24, 2.45) is 5.73 Å². The van der Waals surface area contributed by atoms with Crippen molar-refractivity contribution >= 4 is 11.6 Å². The number of hydrogen-bond donors (Lipinski definition) is 2. The first kappa shape index (κ1) is 12.1. The molecule has 0 saturated carbocycles. The Kier molecular flexibility index (Phi) is 4.14. The second kappa shape index (κ2) is 5.82. The summed E-state index contributed by atoms with van der Waals surface area (Å²) in [5.74, 6) is 1.92. The van der Waals surface area contributed by atoms with Crippen molar-refractivity contribution in [3.8, 4) is 0 Å². The van der Waals surface area contributed by atoms with Gasteiger partial charge in [-0.3, -0.25) is 0 Å². The molecule has 1 saturated heterocycles. The number of anilines is 2. The van der Waals surface area contributed by atoms with E-state index >= 15 is 0 Å². The summed E-state index contributed by atoms with van der Waals surface area (Å²) in [6.07, 6.45) is 5.12. The van der Waals surface area contributed by atoms with Crippen LogP contribution in [0.4, 0.5) is 11.6 Å². The van der Waals surface area contributed by atoms with E-state index in [1.165, 1.54) is 12.8 Å². The molecule has 3 N–H and O–H groups in total. The maximum Gasteiger partial charge on any atom is 0.134 e. The summed E-state index contributed by atoms with van der Waals surface area (Å²) in [7, 11) is 0. The van der Waals surface area contributed by atoms with Gasteiger partial charge in [-0.2, -0.15) is 0 Å². The smallest absolute Gasteiger partial charge is 0.134 e. The van der Waals surface area contributed by atoms with Crippen LogP contribution >= 0.6 is 0 Å². The normalized spacial score (nSPS) is 19.6. The molecule has 1 atom stereocenters. The van der Waals surface area contributed by atoms with Crippen LogP contribution in [0.15, 0.2) is 12.4 Å². The molecule has 5 nitrogen and oxygen atoms in total. The van der Waals surface area contributed by atoms with Crippen molar-refractivity contribution in [2.75, 3.05) is 29.9 Å². The van der Waals surface area contributed by atoms with E-state index in [1.54, 1.807) is 6.33 Å². The highest BCUT2D eigenvalue weighted by Crippen LogP contribution is 2.26. The van der Waals surface area contributed by atoms with Crippen LogP contribution in [0.1, 0.15) is 26.2 Å². The van der Waals surface area contributed by atoms with Gasteiger partial charge in [0.15, 0.2) is 0 Å². The molecule has 1 aromatic heterocycles. The van der Waals surface area contributed by atoms with Crippen molar-refractivity contribution in [3.05, 3.63) is 12.4 Å². The minimum Gasteiger partial charge on any atom is -0.370 e. The molecule has 1 aromatic rings. The van der Waals surface area contributed by atoms with Gasteiger partial charge in [0.1, 0.15) is 18.0 Å². The highest BCUT2D eigenvalue weighted by Gasteiger charge is 2.24. The molecule has 0 amide bonds. The predicted molar refractivity (Wildman–Crippen MR) is 70.2 cm³/mol. The summed E-state index contributed by atoms with van der Waals surface area (Å²) >= 11 is 0. The molecule has 0 aromatic carbocycles. The molecule has 1 fully saturated rings. The van der Waals surface area contributed by atoms with Crippen molar-refractivity contribution in [3.63, 3.8) is 0 Å². The molecule has 17 heavy (non-hydrogen) atoms. The van der Waals surface area contributed by atoms with E-state index in [0.717, 1.165) is 37.7 Å². The molecule has 0 spiro atoms. The Bertz CT molecular complexity index is 355. The fourth-order valence-corrected chi connectivity index (χ4v) is 2.41. The molecule has 0 bridgehead atoms. The molecule has 1 unspecified atom stereocenters. The Morgan fingerprint density at radius 2 is 2.41 bits per heavy atom. The lowest BCUT2D eigenvalue weighted by Gasteiger charge is -2.25. The zero-order valence-electron chi connectivity index (χ0n) is 10.4. The summed E-state index contributed by atoms with van der Waals surface area (Å²) in [4.78, 5) is 10.9. The summed E-state index contributed by atoms with van der Waals surface area (Å²) < 4.78 is 0. The molecular formula is C12H21N5. The SMILES string of the molecule is CCNc1cc(N2CCCC2CCN)ncn1. The van der Waals surface area contributed by atoms with Crippen LogP contribution in [0.5, 0.6) is 0 Å². The Morgan fingerprint density at radius 3 is 3.18 bits per heavy atom. The van der Waals surface area contributed by atoms with Crippen LogP contribution in [-0.2, 0) is 0 Å². The van der Waals surface area contributed by atoms with Gasteiger partial charge in [0, 0.05) is 25.2 Å². The van der Waals surface area contributed by atoms with E-state index in [9.17, 15) is 0 Å². The van der Waals surface area contributed by atoms with Crippen LogP contribution in [0.3, 0.4) is 0 Å². The van der Waals surface area contributed by atoms with Gasteiger partial charge in [-0.1, -0.05) is 0 Å². The van der Waals surface area contributed by atoms with Crippen LogP contribution in [0.2, 0.25) is 0 Å². The monoisotopic (exact) mass is 235 g/mol. The molecule has 1 aliphatic heterocycles. The lowest BCUT2D eigenvalue weighted by atomic mass is 10.1. The predicted octanol–water partition coefficient (Wildman–Crippen LogP) is 1.23. The molecule has 0 radical (unpaired) electrons. The molecule has 2 heterocycles. The van der Waals surface area contributed by atoms with Gasteiger partial charge in [0.05, 0.1) is 0 Å². The number of nitrogens with zero attached hydrogens (tertiary/aromatic N) is 3. The third-order valence-corrected chi connectivity index (χ3v) is 3.18. The highest BCUT2D eigenvalue weighted by atomic mass is 15.2. The quantitative estimate of drug-likeness (QED) is 0.803. The van der Waals surface area contributed by atoms with Gasteiger partial charge >= 0.3 is 0 Å². The van der Waals surface area contributed by atoms with E-state index in [1.807, 2.05) is 6.07 Å². The van der Waals surface area contributed by atoms with Crippen LogP contribution < -0.4 is 16.0 Å². The second-order valence-electron chi connectivity index (χ2n) is 4.36. The summed E-state index contributed by atoms with van der Waals surface area (Å²) in [5.41, 5.74) is 5.65. The van der Waals surface area contributed by atoms with E-state index < -0.39 is 0 Å². The lowest BCUT2D eigenvalue weighted by molar-refractivity contribution is 0.614. The summed E-state index contributed by atoms with van der Waals surface area (Å²) in [6, 6.07) is 2.57. The van der Waals surface area contributed by atoms with E-state index in [0.29, 0.717) is 6.04 Å². The largest absolute Gasteiger partial charge is 0.370 e. The van der Waals surface area contributed by atoms with Crippen molar-refractivity contribution < 1.29 is 0 Å². The summed E-state index contributed by atoms with van der Waals surface area (Å²) in [5, 5.41) is 3.22. The number of nitrogens with two attached hydrogens (primary N) is 1. The van der Waals surface area contributed by atoms with E-state index in [4.69, 9.17) is 5.73 Å². The molecule has 2 rings (SSSR count). The first-order valence-electron chi connectivity index (χ1n) is 6.37. The number of nitrogens with one attached hydrogen (secondary N) is 1. The van der Waals surface area contributed by atoms with Crippen LogP contribution in [0.25, 0.3) is 0 Å². The first-order chi connectivity index (χ1) is 8.35. The molecule has 0 aliphatic carbocycles. The van der Waals surface area contributed by atoms with Crippen LogP contribution in [0, 0.1) is 0 Å². The van der Waals surface area contributed by atoms with Crippen molar-refractivity contribution in [1.82, 2.24) is 9.97 Å². The zero-order valence-corrected chi connectivity index (χ0v) is 10.4. The molecule has 94 valence electrons. The lowest BCUT2D eigenvalue weighted by Crippen LogP contribution is -2.31. The van der Waals surface area contributed by atoms with Gasteiger partial charge in [0.25, 0.3) is 0 Å². The maximum atomic E-state index is 5.65. The molecular weight excluding hydrogens is 214 g/mol. The Hall–Kier alpha value is -1.36. The van der Waals surface area contributed by atoms with E-state index in [2.05, 4.69) is 27.1 Å². The summed E-state index contributed by atoms with van der Waals surface area (Å²) in [6.45, 7) is 4.76. The minimum atomic E-state index is 0.546. The minimum absolute atomic E-state index is 0.546. The average molecular weight is 235 g/mol. The number of rotatable bonds is 5. The van der Waals surface area contributed by atoms with E-state index in [-0.39, 0.29) is 0 Å². The van der Waals surface area contributed by atoms with Crippen molar-refractivity contribution in [1.29, 1.82) is 0 Å². The van der Waals surface area contributed by atoms with Gasteiger partial charge < -0.3 is 16.0 Å². The van der Waals surface area contributed by atoms with Gasteiger partial charge in [-0.15, -0.1) is 0 Å². The van der Waals surface area contributed by atoms with Crippen LogP contribution in [-0.4, -0.2) is 35.6 Å². The fraction of sp³-hybridized carbons (Fsp3) is 0.667. The standard InChI is InChI=1S/C12H21N5/c1-2-14-11-8-12(16-9-15-11)17-7-3-4-10(17)5-6-13/h8-10H,2-7,13H2,1H3,(H,14,15,16). The zero-order chi connectivity index (χ0) is 12.1. The molecule has 1 aliphatic rings.